The maximum Gasteiger partial charge on any atom is 0.329 e. The molecule has 174 valence electrons. The van der Waals surface area contributed by atoms with Crippen LogP contribution in [0.1, 0.15) is 37.0 Å². The molecule has 7 heteroatoms. The van der Waals surface area contributed by atoms with E-state index in [-0.39, 0.29) is 47.2 Å². The van der Waals surface area contributed by atoms with E-state index in [1.807, 2.05) is 13.8 Å². The van der Waals surface area contributed by atoms with Gasteiger partial charge < -0.3 is 9.47 Å². The first-order chi connectivity index (χ1) is 15.8. The van der Waals surface area contributed by atoms with Crippen LogP contribution in [0.5, 0.6) is 5.75 Å². The maximum atomic E-state index is 13.4. The number of nitrogens with zero attached hydrogens (tertiary/aromatic N) is 1. The van der Waals surface area contributed by atoms with Crippen LogP contribution in [0, 0.1) is 41.4 Å². The van der Waals surface area contributed by atoms with Gasteiger partial charge in [-0.25, -0.2) is 4.79 Å². The third kappa shape index (κ3) is 3.58. The van der Waals surface area contributed by atoms with Crippen LogP contribution in [0.4, 0.5) is 0 Å². The van der Waals surface area contributed by atoms with Crippen LogP contribution in [0.25, 0.3) is 0 Å². The molecule has 0 radical (unpaired) electrons. The molecule has 1 heterocycles. The van der Waals surface area contributed by atoms with E-state index in [4.69, 9.17) is 9.47 Å². The molecule has 1 aromatic rings. The molecule has 4 aliphatic carbocycles. The lowest BCUT2D eigenvalue weighted by Crippen LogP contribution is -2.47. The molecule has 1 aliphatic heterocycles. The number of esters is 1. The van der Waals surface area contributed by atoms with Crippen LogP contribution in [-0.4, -0.2) is 48.2 Å². The summed E-state index contributed by atoms with van der Waals surface area (Å²) in [6.07, 6.45) is 5.61. The van der Waals surface area contributed by atoms with Gasteiger partial charge >= 0.3 is 5.97 Å². The van der Waals surface area contributed by atoms with Gasteiger partial charge in [0.2, 0.25) is 11.8 Å². The molecule has 33 heavy (non-hydrogen) atoms. The molecule has 0 N–H and O–H groups in total. The number of likely N-dealkylation sites (tertiary alicyclic amines) is 1. The Morgan fingerprint density at radius 2 is 1.58 bits per heavy atom. The van der Waals surface area contributed by atoms with Crippen molar-refractivity contribution in [2.75, 3.05) is 13.7 Å². The number of hydrogen-bond acceptors (Lipinski definition) is 6. The first-order valence-corrected chi connectivity index (χ1v) is 11.7. The average molecular weight is 452 g/mol. The topological polar surface area (TPSA) is 90.0 Å². The molecular formula is C26H29NO6. The highest BCUT2D eigenvalue weighted by Gasteiger charge is 2.68. The van der Waals surface area contributed by atoms with Crippen LogP contribution < -0.4 is 4.74 Å². The van der Waals surface area contributed by atoms with Crippen molar-refractivity contribution in [2.24, 2.45) is 41.4 Å². The molecule has 2 bridgehead atoms. The lowest BCUT2D eigenvalue weighted by molar-refractivity contribution is -0.159. The fourth-order valence-corrected chi connectivity index (χ4v) is 6.13. The van der Waals surface area contributed by atoms with Crippen molar-refractivity contribution in [3.63, 3.8) is 0 Å². The molecule has 5 aliphatic rings. The lowest BCUT2D eigenvalue weighted by atomic mass is 9.63. The zero-order valence-corrected chi connectivity index (χ0v) is 19.1. The molecule has 2 saturated carbocycles. The van der Waals surface area contributed by atoms with Crippen molar-refractivity contribution in [3.05, 3.63) is 42.0 Å². The number of carbonyl (C=O) groups excluding carboxylic acids is 4. The Bertz CT molecular complexity index is 992. The van der Waals surface area contributed by atoms with Gasteiger partial charge in [0.25, 0.3) is 0 Å². The van der Waals surface area contributed by atoms with E-state index in [9.17, 15) is 19.2 Å². The van der Waals surface area contributed by atoms with Crippen molar-refractivity contribution in [1.29, 1.82) is 0 Å². The molecule has 7 atom stereocenters. The number of methoxy groups -OCH3 is 1. The Morgan fingerprint density at radius 1 is 1.00 bits per heavy atom. The first-order valence-electron chi connectivity index (χ1n) is 11.7. The summed E-state index contributed by atoms with van der Waals surface area (Å²) in [5.74, 6) is -0.415. The van der Waals surface area contributed by atoms with Gasteiger partial charge in [-0.2, -0.15) is 0 Å². The predicted molar refractivity (Wildman–Crippen MR) is 118 cm³/mol. The molecule has 1 saturated heterocycles. The SMILES string of the molecule is COc1ccc(C(=O)COC(=O)[C@H](CC(C)C)N2C(=O)C3C4C=CC(C5CC45)C3C2=O)cc1. The average Bonchev–Trinajstić information content (AvgIpc) is 3.59. The largest absolute Gasteiger partial charge is 0.497 e. The van der Waals surface area contributed by atoms with Crippen molar-refractivity contribution in [1.82, 2.24) is 4.90 Å². The molecule has 0 aromatic heterocycles. The number of carbonyl (C=O) groups is 4. The zero-order chi connectivity index (χ0) is 23.4. The van der Waals surface area contributed by atoms with Gasteiger partial charge in [0.05, 0.1) is 18.9 Å². The highest BCUT2D eigenvalue weighted by atomic mass is 16.5. The lowest BCUT2D eigenvalue weighted by Gasteiger charge is -2.37. The van der Waals surface area contributed by atoms with Gasteiger partial charge in [0.1, 0.15) is 11.8 Å². The van der Waals surface area contributed by atoms with E-state index in [2.05, 4.69) is 12.2 Å². The third-order valence-corrected chi connectivity index (χ3v) is 7.73. The van der Waals surface area contributed by atoms with E-state index in [0.717, 1.165) is 6.42 Å². The second kappa shape index (κ2) is 8.12. The molecular weight excluding hydrogens is 422 g/mol. The van der Waals surface area contributed by atoms with Crippen LogP contribution in [0.3, 0.4) is 0 Å². The van der Waals surface area contributed by atoms with Crippen LogP contribution in [-0.2, 0) is 19.1 Å². The molecule has 0 spiro atoms. The van der Waals surface area contributed by atoms with Gasteiger partial charge in [-0.05, 0) is 66.7 Å². The summed E-state index contributed by atoms with van der Waals surface area (Å²) in [6.45, 7) is 3.42. The number of hydrogen-bond donors (Lipinski definition) is 0. The summed E-state index contributed by atoms with van der Waals surface area (Å²) >= 11 is 0. The summed E-state index contributed by atoms with van der Waals surface area (Å²) in [7, 11) is 1.54. The number of imide groups is 1. The number of amides is 2. The Morgan fingerprint density at radius 3 is 2.09 bits per heavy atom. The summed E-state index contributed by atoms with van der Waals surface area (Å²) < 4.78 is 10.4. The number of benzene rings is 1. The van der Waals surface area contributed by atoms with E-state index in [1.165, 1.54) is 12.0 Å². The maximum absolute atomic E-state index is 13.4. The summed E-state index contributed by atoms with van der Waals surface area (Å²) in [5.41, 5.74) is 0.394. The molecule has 1 aromatic carbocycles. The van der Waals surface area contributed by atoms with Gasteiger partial charge in [-0.15, -0.1) is 0 Å². The summed E-state index contributed by atoms with van der Waals surface area (Å²) in [5, 5.41) is 0. The number of allylic oxidation sites excluding steroid dienone is 2. The van der Waals surface area contributed by atoms with Crippen LogP contribution in [0.15, 0.2) is 36.4 Å². The highest BCUT2D eigenvalue weighted by Crippen LogP contribution is 2.65. The Hall–Kier alpha value is -2.96. The van der Waals surface area contributed by atoms with Gasteiger partial charge in [-0.3, -0.25) is 19.3 Å². The molecule has 2 amide bonds. The van der Waals surface area contributed by atoms with Crippen LogP contribution in [0.2, 0.25) is 0 Å². The summed E-state index contributed by atoms with van der Waals surface area (Å²) in [4.78, 5) is 53.7. The van der Waals surface area contributed by atoms with E-state index >= 15 is 0 Å². The number of ketones is 1. The molecule has 6 rings (SSSR count). The number of rotatable bonds is 8. The Labute approximate surface area is 193 Å². The van der Waals surface area contributed by atoms with Crippen molar-refractivity contribution < 1.29 is 28.7 Å². The number of Topliss-reactive ketones (excluding diaryl/α,β-unsaturated/α-hetero) is 1. The fraction of sp³-hybridized carbons (Fsp3) is 0.538. The molecule has 7 nitrogen and oxygen atoms in total. The standard InChI is InChI=1S/C26H29NO6/c1-13(2)10-20(26(31)33-12-21(28)14-4-6-15(32-3)7-5-14)27-24(29)22-16-8-9-17(19-11-18(16)19)23(22)25(27)30/h4-9,13,16-20,22-23H,10-12H2,1-3H3/t16?,17?,18?,19?,20-,22?,23?/m0/s1. The second-order valence-electron chi connectivity index (χ2n) is 10.1. The van der Waals surface area contributed by atoms with Gasteiger partial charge in [-0.1, -0.05) is 26.0 Å². The van der Waals surface area contributed by atoms with Gasteiger partial charge in [0, 0.05) is 5.56 Å². The second-order valence-corrected chi connectivity index (χ2v) is 10.1. The van der Waals surface area contributed by atoms with Crippen molar-refractivity contribution >= 4 is 23.6 Å². The quantitative estimate of drug-likeness (QED) is 0.261. The predicted octanol–water partition coefficient (Wildman–Crippen LogP) is 2.89. The molecule has 6 unspecified atom stereocenters. The van der Waals surface area contributed by atoms with Crippen LogP contribution >= 0.6 is 0 Å². The minimum absolute atomic E-state index is 0.0614. The number of ether oxygens (including phenoxy) is 2. The zero-order valence-electron chi connectivity index (χ0n) is 19.1. The Kier molecular flexibility index (Phi) is 5.38. The highest BCUT2D eigenvalue weighted by molar-refractivity contribution is 6.09. The van der Waals surface area contributed by atoms with Gasteiger partial charge in [0.15, 0.2) is 12.4 Å². The van der Waals surface area contributed by atoms with E-state index in [0.29, 0.717) is 29.6 Å². The minimum Gasteiger partial charge on any atom is -0.497 e. The molecule has 3 fully saturated rings. The monoisotopic (exact) mass is 451 g/mol. The van der Waals surface area contributed by atoms with E-state index in [1.54, 1.807) is 24.3 Å². The van der Waals surface area contributed by atoms with E-state index < -0.39 is 18.6 Å². The third-order valence-electron chi connectivity index (χ3n) is 7.73. The minimum atomic E-state index is -1.00. The smallest absolute Gasteiger partial charge is 0.329 e. The van der Waals surface area contributed by atoms with Crippen molar-refractivity contribution in [3.8, 4) is 5.75 Å². The summed E-state index contributed by atoms with van der Waals surface area (Å²) in [6, 6.07) is 5.52. The normalized spacial score (nSPS) is 31.9. The fourth-order valence-electron chi connectivity index (χ4n) is 6.13. The Balaban J connectivity index is 1.31. The van der Waals surface area contributed by atoms with Crippen molar-refractivity contribution in [2.45, 2.75) is 32.7 Å². The first kappa shape index (κ1) is 21.9.